The molecule has 0 radical (unpaired) electrons. The van der Waals surface area contributed by atoms with Crippen molar-refractivity contribution in [1.82, 2.24) is 0 Å². The normalized spacial score (nSPS) is 10.3. The predicted molar refractivity (Wildman–Crippen MR) is 122 cm³/mol. The second-order valence-electron chi connectivity index (χ2n) is 6.72. The first-order valence-corrected chi connectivity index (χ1v) is 9.56. The largest absolute Gasteiger partial charge is 0.459 e. The van der Waals surface area contributed by atoms with E-state index in [1.165, 1.54) is 6.26 Å². The second-order valence-corrected chi connectivity index (χ2v) is 6.72. The Hall–Kier alpha value is -4.45. The van der Waals surface area contributed by atoms with Crippen LogP contribution in [0.3, 0.4) is 0 Å². The van der Waals surface area contributed by atoms with E-state index in [-0.39, 0.29) is 24.9 Å². The van der Waals surface area contributed by atoms with E-state index in [9.17, 15) is 4.79 Å². The van der Waals surface area contributed by atoms with Crippen molar-refractivity contribution in [2.75, 3.05) is 5.32 Å². The summed E-state index contributed by atoms with van der Waals surface area (Å²) in [6.45, 7) is 0. The van der Waals surface area contributed by atoms with Crippen LogP contribution in [-0.2, 0) is 4.74 Å². The second kappa shape index (κ2) is 8.92. The van der Waals surface area contributed by atoms with Gasteiger partial charge in [0.1, 0.15) is 0 Å². The molecule has 6 heteroatoms. The van der Waals surface area contributed by atoms with Crippen molar-refractivity contribution in [2.45, 2.75) is 0 Å². The molecule has 1 aromatic heterocycles. The van der Waals surface area contributed by atoms with E-state index >= 15 is 0 Å². The van der Waals surface area contributed by atoms with Crippen molar-refractivity contribution >= 4 is 23.4 Å². The molecule has 154 valence electrons. The summed E-state index contributed by atoms with van der Waals surface area (Å²) in [7, 11) is 0. The summed E-state index contributed by atoms with van der Waals surface area (Å²) >= 11 is 0. The maximum atomic E-state index is 12.6. The van der Waals surface area contributed by atoms with Crippen molar-refractivity contribution in [1.29, 1.82) is 10.8 Å². The molecule has 4 rings (SSSR count). The van der Waals surface area contributed by atoms with Gasteiger partial charge in [0.15, 0.2) is 5.76 Å². The molecule has 6 nitrogen and oxygen atoms in total. The van der Waals surface area contributed by atoms with Gasteiger partial charge in [0.05, 0.1) is 6.26 Å². The fourth-order valence-corrected chi connectivity index (χ4v) is 3.01. The lowest BCUT2D eigenvalue weighted by Crippen LogP contribution is -2.14. The number of ether oxygens (including phenoxy) is 1. The minimum atomic E-state index is -0.261. The monoisotopic (exact) mass is 411 g/mol. The van der Waals surface area contributed by atoms with Crippen LogP contribution in [0.1, 0.15) is 23.1 Å². The number of rotatable bonds is 5. The number of carbonyl (C=O) groups is 1. The van der Waals surface area contributed by atoms with E-state index in [0.717, 1.165) is 11.1 Å². The van der Waals surface area contributed by atoms with E-state index in [1.807, 2.05) is 42.5 Å². The summed E-state index contributed by atoms with van der Waals surface area (Å²) < 4.78 is 10.3. The lowest BCUT2D eigenvalue weighted by molar-refractivity contribution is 0.102. The molecule has 3 N–H and O–H groups in total. The molecule has 0 aliphatic rings. The predicted octanol–water partition coefficient (Wildman–Crippen LogP) is 5.81. The van der Waals surface area contributed by atoms with Gasteiger partial charge >= 0.3 is 0 Å². The molecule has 0 aliphatic carbocycles. The minimum absolute atomic E-state index is 0. The zero-order valence-corrected chi connectivity index (χ0v) is 16.5. The highest BCUT2D eigenvalue weighted by molar-refractivity contribution is 6.06. The van der Waals surface area contributed by atoms with Crippen LogP contribution in [0, 0.1) is 10.8 Å². The number of furan rings is 1. The minimum Gasteiger partial charge on any atom is -0.459 e. The van der Waals surface area contributed by atoms with Crippen LogP contribution in [0.4, 0.5) is 5.69 Å². The van der Waals surface area contributed by atoms with Crippen LogP contribution in [0.15, 0.2) is 102 Å². The van der Waals surface area contributed by atoms with Crippen LogP contribution >= 0.6 is 0 Å². The molecule has 0 saturated carbocycles. The Morgan fingerprint density at radius 2 is 1.52 bits per heavy atom. The molecule has 0 unspecified atom stereocenters. The molecule has 3 aromatic carbocycles. The molecule has 0 saturated heterocycles. The van der Waals surface area contributed by atoms with Crippen molar-refractivity contribution in [3.63, 3.8) is 0 Å². The highest BCUT2D eigenvalue weighted by Crippen LogP contribution is 2.20. The van der Waals surface area contributed by atoms with Crippen LogP contribution in [0.5, 0.6) is 0 Å². The summed E-state index contributed by atoms with van der Waals surface area (Å²) in [5.74, 6) is -0.506. The zero-order valence-electron chi connectivity index (χ0n) is 16.5. The van der Waals surface area contributed by atoms with Crippen molar-refractivity contribution in [3.05, 3.63) is 114 Å². The van der Waals surface area contributed by atoms with E-state index in [4.69, 9.17) is 20.0 Å². The summed E-state index contributed by atoms with van der Waals surface area (Å²) in [5, 5.41) is 18.8. The Kier molecular flexibility index (Phi) is 5.71. The number of benzene rings is 3. The highest BCUT2D eigenvalue weighted by atomic mass is 16.5. The molecule has 1 amide bonds. The number of anilines is 1. The Morgan fingerprint density at radius 1 is 0.774 bits per heavy atom. The first-order chi connectivity index (χ1) is 15.1. The summed E-state index contributed by atoms with van der Waals surface area (Å²) in [6.07, 6.45) is 1.43. The lowest BCUT2D eigenvalue weighted by Gasteiger charge is -2.10. The summed E-state index contributed by atoms with van der Waals surface area (Å²) in [6, 6.07) is 27.2. The Balaban J connectivity index is 0.00000289. The third kappa shape index (κ3) is 4.76. The van der Waals surface area contributed by atoms with Crippen LogP contribution in [0.25, 0.3) is 11.1 Å². The number of nitrogens with one attached hydrogen (secondary N) is 3. The van der Waals surface area contributed by atoms with Crippen LogP contribution in [0.2, 0.25) is 0 Å². The molecule has 0 spiro atoms. The van der Waals surface area contributed by atoms with Gasteiger partial charge in [-0.15, -0.1) is 0 Å². The first-order valence-electron chi connectivity index (χ1n) is 9.56. The van der Waals surface area contributed by atoms with Crippen molar-refractivity contribution < 1.29 is 15.4 Å². The average molecular weight is 411 g/mol. The fourth-order valence-electron chi connectivity index (χ4n) is 3.01. The van der Waals surface area contributed by atoms with Gasteiger partial charge in [-0.3, -0.25) is 15.6 Å². The molecule has 31 heavy (non-hydrogen) atoms. The first kappa shape index (κ1) is 19.8. The molecule has 0 atom stereocenters. The Labute approximate surface area is 180 Å². The van der Waals surface area contributed by atoms with Gasteiger partial charge in [0, 0.05) is 18.2 Å². The van der Waals surface area contributed by atoms with Crippen LogP contribution in [-0.4, -0.2) is 17.7 Å². The molecule has 4 aromatic rings. The number of hydrogen-bond acceptors (Lipinski definition) is 5. The third-order valence-corrected chi connectivity index (χ3v) is 4.59. The van der Waals surface area contributed by atoms with Gasteiger partial charge in [-0.1, -0.05) is 48.5 Å². The molecular weight excluding hydrogens is 390 g/mol. The van der Waals surface area contributed by atoms with Crippen molar-refractivity contribution in [3.8, 4) is 11.1 Å². The molecular formula is C25H21N3O3. The number of amides is 1. The van der Waals surface area contributed by atoms with Gasteiger partial charge < -0.3 is 14.5 Å². The maximum Gasteiger partial charge on any atom is 0.257 e. The maximum absolute atomic E-state index is 12.6. The Bertz CT molecular complexity index is 1220. The van der Waals surface area contributed by atoms with E-state index in [0.29, 0.717) is 16.8 Å². The van der Waals surface area contributed by atoms with Gasteiger partial charge in [-0.25, -0.2) is 0 Å². The molecule has 1 heterocycles. The number of hydrogen-bond donors (Lipinski definition) is 3. The molecule has 0 fully saturated rings. The van der Waals surface area contributed by atoms with Gasteiger partial charge in [0.2, 0.25) is 5.90 Å². The standard InChI is InChI=1S/C25H19N3O3.H2/c26-23(31-24(27)22-10-5-15-30-22)20-8-4-9-21(16-20)28-25(29)19-13-11-18(12-14-19)17-6-2-1-3-7-17;/h1-16,26-27H,(H,28,29);1H. The SMILES string of the molecule is N=C(OC(=N)c1ccco1)c1cccc(NC(=O)c2ccc(-c3ccccc3)cc2)c1.[HH]. The van der Waals surface area contributed by atoms with Crippen LogP contribution < -0.4 is 5.32 Å². The smallest absolute Gasteiger partial charge is 0.257 e. The molecule has 0 aliphatic heterocycles. The average Bonchev–Trinajstić information content (AvgIpc) is 3.35. The third-order valence-electron chi connectivity index (χ3n) is 4.59. The van der Waals surface area contributed by atoms with E-state index in [1.54, 1.807) is 48.5 Å². The molecule has 0 bridgehead atoms. The van der Waals surface area contributed by atoms with Gasteiger partial charge in [-0.05, 0) is 53.6 Å². The van der Waals surface area contributed by atoms with Crippen molar-refractivity contribution in [2.24, 2.45) is 0 Å². The fraction of sp³-hybridized carbons (Fsp3) is 0. The summed E-state index contributed by atoms with van der Waals surface area (Å²) in [4.78, 5) is 12.6. The van der Waals surface area contributed by atoms with E-state index < -0.39 is 0 Å². The summed E-state index contributed by atoms with van der Waals surface area (Å²) in [5.41, 5.74) is 3.58. The lowest BCUT2D eigenvalue weighted by atomic mass is 10.0. The van der Waals surface area contributed by atoms with Gasteiger partial charge in [-0.2, -0.15) is 0 Å². The zero-order chi connectivity index (χ0) is 21.6. The Morgan fingerprint density at radius 3 is 2.23 bits per heavy atom. The quantitative estimate of drug-likeness (QED) is 0.285. The topological polar surface area (TPSA) is 99.2 Å². The van der Waals surface area contributed by atoms with E-state index in [2.05, 4.69) is 5.32 Å². The highest BCUT2D eigenvalue weighted by Gasteiger charge is 2.12. The number of carbonyl (C=O) groups excluding carboxylic acids is 1. The van der Waals surface area contributed by atoms with Gasteiger partial charge in [0.25, 0.3) is 11.8 Å².